The average Bonchev–Trinajstić information content (AvgIpc) is 2.86. The fourth-order valence-electron chi connectivity index (χ4n) is 2.76. The number of rotatable bonds is 3. The maximum Gasteiger partial charge on any atom is 0.275 e. The molecule has 1 aliphatic rings. The zero-order chi connectivity index (χ0) is 16.4. The Morgan fingerprint density at radius 1 is 1.30 bits per heavy atom. The van der Waals surface area contributed by atoms with Gasteiger partial charge in [-0.05, 0) is 33.6 Å². The molecule has 1 aromatic carbocycles. The highest BCUT2D eigenvalue weighted by Gasteiger charge is 2.25. The van der Waals surface area contributed by atoms with Crippen LogP contribution in [0.15, 0.2) is 34.9 Å². The van der Waals surface area contributed by atoms with Crippen LogP contribution in [0.5, 0.6) is 0 Å². The molecule has 0 unspecified atom stereocenters. The summed E-state index contributed by atoms with van der Waals surface area (Å²) in [5, 5.41) is 4.99. The minimum absolute atomic E-state index is 0.0140. The third-order valence-electron chi connectivity index (χ3n) is 3.94. The molecule has 122 valence electrons. The largest absolute Gasteiger partial charge is 0.335 e. The molecule has 0 bridgehead atoms. The number of benzene rings is 1. The van der Waals surface area contributed by atoms with Gasteiger partial charge in [0.05, 0.1) is 4.47 Å². The summed E-state index contributed by atoms with van der Waals surface area (Å²) >= 11 is 9.42. The lowest BCUT2D eigenvalue weighted by atomic mass is 10.2. The van der Waals surface area contributed by atoms with E-state index in [9.17, 15) is 4.79 Å². The molecule has 1 aromatic heterocycles. The zero-order valence-electron chi connectivity index (χ0n) is 12.9. The van der Waals surface area contributed by atoms with Crippen molar-refractivity contribution in [3.05, 3.63) is 51.2 Å². The van der Waals surface area contributed by atoms with Crippen molar-refractivity contribution in [3.8, 4) is 0 Å². The Kier molecular flexibility index (Phi) is 5.04. The molecular formula is C16H18BrClN4O. The predicted octanol–water partition coefficient (Wildman–Crippen LogP) is 2.79. The van der Waals surface area contributed by atoms with Gasteiger partial charge >= 0.3 is 0 Å². The number of aromatic nitrogens is 2. The Morgan fingerprint density at radius 2 is 2.04 bits per heavy atom. The lowest BCUT2D eigenvalue weighted by molar-refractivity contribution is 0.0621. The van der Waals surface area contributed by atoms with Crippen molar-refractivity contribution < 1.29 is 4.79 Å². The Morgan fingerprint density at radius 3 is 2.65 bits per heavy atom. The van der Waals surface area contributed by atoms with Crippen LogP contribution in [-0.4, -0.2) is 51.7 Å². The van der Waals surface area contributed by atoms with E-state index in [0.29, 0.717) is 18.8 Å². The molecule has 0 aliphatic carbocycles. The second kappa shape index (κ2) is 7.03. The van der Waals surface area contributed by atoms with E-state index in [1.165, 1.54) is 5.56 Å². The van der Waals surface area contributed by atoms with E-state index in [4.69, 9.17) is 11.6 Å². The van der Waals surface area contributed by atoms with Gasteiger partial charge in [0.1, 0.15) is 0 Å². The maximum atomic E-state index is 12.5. The van der Waals surface area contributed by atoms with Gasteiger partial charge in [-0.3, -0.25) is 14.4 Å². The van der Waals surface area contributed by atoms with Crippen molar-refractivity contribution in [2.45, 2.75) is 6.54 Å². The molecular weight excluding hydrogens is 380 g/mol. The number of halogens is 2. The van der Waals surface area contributed by atoms with Gasteiger partial charge in [0.2, 0.25) is 0 Å². The first-order chi connectivity index (χ1) is 11.0. The second-order valence-electron chi connectivity index (χ2n) is 5.70. The Hall–Kier alpha value is -1.37. The molecule has 7 heteroatoms. The number of nitrogens with zero attached hydrogens (tertiary/aromatic N) is 4. The molecule has 23 heavy (non-hydrogen) atoms. The molecule has 0 radical (unpaired) electrons. The van der Waals surface area contributed by atoms with Crippen LogP contribution in [0.2, 0.25) is 5.02 Å². The van der Waals surface area contributed by atoms with Crippen LogP contribution in [0.1, 0.15) is 16.1 Å². The van der Waals surface area contributed by atoms with Gasteiger partial charge in [-0.2, -0.15) is 5.10 Å². The van der Waals surface area contributed by atoms with Crippen LogP contribution < -0.4 is 0 Å². The van der Waals surface area contributed by atoms with Crippen molar-refractivity contribution in [1.82, 2.24) is 19.6 Å². The van der Waals surface area contributed by atoms with Crippen molar-refractivity contribution in [2.24, 2.45) is 7.05 Å². The van der Waals surface area contributed by atoms with Crippen LogP contribution in [0, 0.1) is 0 Å². The van der Waals surface area contributed by atoms with Crippen molar-refractivity contribution in [2.75, 3.05) is 26.2 Å². The number of aryl methyl sites for hydroxylation is 1. The van der Waals surface area contributed by atoms with E-state index in [1.54, 1.807) is 10.9 Å². The van der Waals surface area contributed by atoms with Gasteiger partial charge in [0.15, 0.2) is 5.69 Å². The minimum atomic E-state index is -0.0140. The van der Waals surface area contributed by atoms with Crippen LogP contribution in [0.25, 0.3) is 0 Å². The van der Waals surface area contributed by atoms with Gasteiger partial charge in [-0.1, -0.05) is 23.7 Å². The summed E-state index contributed by atoms with van der Waals surface area (Å²) in [7, 11) is 1.81. The number of carbonyl (C=O) groups is 1. The van der Waals surface area contributed by atoms with Gasteiger partial charge in [-0.15, -0.1) is 0 Å². The van der Waals surface area contributed by atoms with Gasteiger partial charge in [0, 0.05) is 51.0 Å². The molecule has 0 saturated carbocycles. The van der Waals surface area contributed by atoms with E-state index >= 15 is 0 Å². The lowest BCUT2D eigenvalue weighted by Crippen LogP contribution is -2.48. The molecule has 0 spiro atoms. The van der Waals surface area contributed by atoms with Crippen LogP contribution in [0.3, 0.4) is 0 Å². The molecule has 3 rings (SSSR count). The van der Waals surface area contributed by atoms with Gasteiger partial charge < -0.3 is 4.90 Å². The molecule has 1 amide bonds. The maximum absolute atomic E-state index is 12.5. The average molecular weight is 398 g/mol. The van der Waals surface area contributed by atoms with Crippen LogP contribution >= 0.6 is 27.5 Å². The minimum Gasteiger partial charge on any atom is -0.335 e. The number of amides is 1. The topological polar surface area (TPSA) is 41.4 Å². The smallest absolute Gasteiger partial charge is 0.275 e. The summed E-state index contributed by atoms with van der Waals surface area (Å²) in [5.41, 5.74) is 1.68. The fourth-order valence-corrected chi connectivity index (χ4v) is 3.51. The molecule has 1 aliphatic heterocycles. The third-order valence-corrected chi connectivity index (χ3v) is 4.76. The van der Waals surface area contributed by atoms with E-state index in [-0.39, 0.29) is 5.91 Å². The molecule has 5 nitrogen and oxygen atoms in total. The highest BCUT2D eigenvalue weighted by Crippen LogP contribution is 2.18. The quantitative estimate of drug-likeness (QED) is 0.800. The summed E-state index contributed by atoms with van der Waals surface area (Å²) in [6, 6.07) is 7.92. The first kappa shape index (κ1) is 16.5. The van der Waals surface area contributed by atoms with Crippen molar-refractivity contribution in [3.63, 3.8) is 0 Å². The van der Waals surface area contributed by atoms with Crippen molar-refractivity contribution >= 4 is 33.4 Å². The number of hydrogen-bond acceptors (Lipinski definition) is 3. The normalized spacial score (nSPS) is 15.9. The summed E-state index contributed by atoms with van der Waals surface area (Å²) in [6.45, 7) is 3.98. The Labute approximate surface area is 148 Å². The molecule has 1 saturated heterocycles. The molecule has 1 fully saturated rings. The number of hydrogen-bond donors (Lipinski definition) is 0. The summed E-state index contributed by atoms with van der Waals surface area (Å²) in [6.07, 6.45) is 1.79. The van der Waals surface area contributed by atoms with Gasteiger partial charge in [-0.25, -0.2) is 0 Å². The highest BCUT2D eigenvalue weighted by atomic mass is 79.9. The van der Waals surface area contributed by atoms with Crippen LogP contribution in [-0.2, 0) is 13.6 Å². The second-order valence-corrected chi connectivity index (χ2v) is 6.99. The molecule has 0 N–H and O–H groups in total. The van der Waals surface area contributed by atoms with Gasteiger partial charge in [0.25, 0.3) is 5.91 Å². The van der Waals surface area contributed by atoms with E-state index in [0.717, 1.165) is 29.1 Å². The molecule has 2 aromatic rings. The van der Waals surface area contributed by atoms with E-state index in [2.05, 4.69) is 32.0 Å². The first-order valence-electron chi connectivity index (χ1n) is 7.48. The van der Waals surface area contributed by atoms with Crippen LogP contribution in [0.4, 0.5) is 0 Å². The molecule has 2 heterocycles. The summed E-state index contributed by atoms with van der Waals surface area (Å²) in [5.74, 6) is -0.0140. The SMILES string of the molecule is Cn1cc(Br)c(C(=O)N2CCN(Cc3cccc(Cl)c3)CC2)n1. The lowest BCUT2D eigenvalue weighted by Gasteiger charge is -2.34. The van der Waals surface area contributed by atoms with Crippen molar-refractivity contribution in [1.29, 1.82) is 0 Å². The molecule has 0 atom stereocenters. The Bertz CT molecular complexity index is 710. The summed E-state index contributed by atoms with van der Waals surface area (Å²) < 4.78 is 2.39. The highest BCUT2D eigenvalue weighted by molar-refractivity contribution is 9.10. The number of piperazine rings is 1. The van der Waals surface area contributed by atoms with E-state index in [1.807, 2.05) is 30.1 Å². The zero-order valence-corrected chi connectivity index (χ0v) is 15.2. The number of carbonyl (C=O) groups excluding carboxylic acids is 1. The first-order valence-corrected chi connectivity index (χ1v) is 8.65. The standard InChI is InChI=1S/C16H18BrClN4O/c1-20-11-14(17)15(19-20)16(23)22-7-5-21(6-8-22)10-12-3-2-4-13(18)9-12/h2-4,9,11H,5-8,10H2,1H3. The third kappa shape index (κ3) is 3.94. The predicted molar refractivity (Wildman–Crippen MR) is 93.5 cm³/mol. The monoisotopic (exact) mass is 396 g/mol. The summed E-state index contributed by atoms with van der Waals surface area (Å²) in [4.78, 5) is 16.7. The Balaban J connectivity index is 1.58. The fraction of sp³-hybridized carbons (Fsp3) is 0.375. The van der Waals surface area contributed by atoms with E-state index < -0.39 is 0 Å².